The van der Waals surface area contributed by atoms with E-state index in [0.29, 0.717) is 23.1 Å². The molecule has 2 heterocycles. The van der Waals surface area contributed by atoms with Gasteiger partial charge in [-0.2, -0.15) is 0 Å². The molecule has 0 bridgehead atoms. The monoisotopic (exact) mass is 418 g/mol. The third kappa shape index (κ3) is 4.03. The van der Waals surface area contributed by atoms with E-state index in [1.54, 1.807) is 32.2 Å². The van der Waals surface area contributed by atoms with Crippen molar-refractivity contribution in [2.24, 2.45) is 7.05 Å². The second kappa shape index (κ2) is 8.26. The molecule has 0 aliphatic carbocycles. The van der Waals surface area contributed by atoms with Crippen molar-refractivity contribution in [1.82, 2.24) is 19.4 Å². The van der Waals surface area contributed by atoms with E-state index >= 15 is 0 Å². The Morgan fingerprint density at radius 2 is 1.97 bits per heavy atom. The van der Waals surface area contributed by atoms with E-state index in [1.165, 1.54) is 4.57 Å². The van der Waals surface area contributed by atoms with Crippen LogP contribution in [-0.2, 0) is 24.8 Å². The molecule has 0 saturated carbocycles. The van der Waals surface area contributed by atoms with Gasteiger partial charge in [0, 0.05) is 30.2 Å². The summed E-state index contributed by atoms with van der Waals surface area (Å²) in [5, 5.41) is 4.63. The highest BCUT2D eigenvalue weighted by molar-refractivity contribution is 5.85. The van der Waals surface area contributed by atoms with Gasteiger partial charge in [-0.15, -0.1) is 0 Å². The molecule has 160 valence electrons. The lowest BCUT2D eigenvalue weighted by Gasteiger charge is -2.15. The number of aromatic nitrogens is 3. The van der Waals surface area contributed by atoms with E-state index in [0.717, 1.165) is 22.2 Å². The first-order valence-corrected chi connectivity index (χ1v) is 10.2. The summed E-state index contributed by atoms with van der Waals surface area (Å²) in [4.78, 5) is 30.0. The molecule has 2 aromatic carbocycles. The molecular weight excluding hydrogens is 392 g/mol. The molecule has 0 saturated heterocycles. The zero-order chi connectivity index (χ0) is 22.1. The maximum absolute atomic E-state index is 12.8. The second-order valence-electron chi connectivity index (χ2n) is 7.89. The number of hydrogen-bond donors (Lipinski definition) is 1. The van der Waals surface area contributed by atoms with Gasteiger partial charge < -0.3 is 14.6 Å². The van der Waals surface area contributed by atoms with Gasteiger partial charge in [-0.05, 0) is 56.2 Å². The van der Waals surface area contributed by atoms with Crippen LogP contribution in [0.1, 0.15) is 18.3 Å². The van der Waals surface area contributed by atoms with Crippen molar-refractivity contribution in [3.63, 3.8) is 0 Å². The summed E-state index contributed by atoms with van der Waals surface area (Å²) in [5.41, 5.74) is 2.68. The van der Waals surface area contributed by atoms with Gasteiger partial charge in [-0.3, -0.25) is 14.2 Å². The van der Waals surface area contributed by atoms with Gasteiger partial charge in [0.15, 0.2) is 0 Å². The van der Waals surface area contributed by atoms with Crippen LogP contribution in [-0.4, -0.2) is 33.2 Å². The fourth-order valence-corrected chi connectivity index (χ4v) is 4.05. The van der Waals surface area contributed by atoms with Gasteiger partial charge in [0.2, 0.25) is 5.91 Å². The number of carbonyl (C=O) groups excluding carboxylic acids is 1. The summed E-state index contributed by atoms with van der Waals surface area (Å²) < 4.78 is 8.85. The molecule has 0 aliphatic rings. The minimum absolute atomic E-state index is 0.0593. The predicted molar refractivity (Wildman–Crippen MR) is 122 cm³/mol. The number of nitrogens with zero attached hydrogens (tertiary/aromatic N) is 3. The molecule has 0 spiro atoms. The van der Waals surface area contributed by atoms with Gasteiger partial charge in [0.25, 0.3) is 5.56 Å². The zero-order valence-corrected chi connectivity index (χ0v) is 18.2. The van der Waals surface area contributed by atoms with Crippen molar-refractivity contribution in [2.75, 3.05) is 7.11 Å². The van der Waals surface area contributed by atoms with Gasteiger partial charge >= 0.3 is 0 Å². The highest BCUT2D eigenvalue weighted by atomic mass is 16.5. The number of para-hydroxylation sites is 1. The Balaban J connectivity index is 1.51. The quantitative estimate of drug-likeness (QED) is 0.522. The summed E-state index contributed by atoms with van der Waals surface area (Å²) in [6.45, 7) is 3.65. The molecule has 2 aromatic heterocycles. The Labute approximate surface area is 180 Å². The maximum atomic E-state index is 12.8. The fraction of sp³-hybridized carbons (Fsp3) is 0.292. The van der Waals surface area contributed by atoms with Crippen LogP contribution in [0, 0.1) is 6.92 Å². The van der Waals surface area contributed by atoms with Crippen molar-refractivity contribution in [3.8, 4) is 5.75 Å². The van der Waals surface area contributed by atoms with Crippen LogP contribution in [0.25, 0.3) is 21.8 Å². The predicted octanol–water partition coefficient (Wildman–Crippen LogP) is 2.95. The topological polar surface area (TPSA) is 78.2 Å². The molecule has 0 radical (unpaired) electrons. The highest BCUT2D eigenvalue weighted by Crippen LogP contribution is 2.26. The number of hydrogen-bond acceptors (Lipinski definition) is 4. The van der Waals surface area contributed by atoms with Gasteiger partial charge in [-0.1, -0.05) is 12.1 Å². The lowest BCUT2D eigenvalue weighted by atomic mass is 10.1. The van der Waals surface area contributed by atoms with E-state index in [4.69, 9.17) is 4.74 Å². The van der Waals surface area contributed by atoms with Crippen LogP contribution in [0.2, 0.25) is 0 Å². The number of rotatable bonds is 6. The van der Waals surface area contributed by atoms with Crippen LogP contribution in [0.4, 0.5) is 0 Å². The standard InChI is InChI=1S/C24H26N4O3/c1-15(11-17-13-27(3)22-10-9-18(31-4)12-20(17)22)25-23(29)14-28-16(2)26-21-8-6-5-7-19(21)24(28)30/h5-10,12-13,15H,11,14H2,1-4H3,(H,25,29). The SMILES string of the molecule is COc1ccc2c(c1)c(CC(C)NC(=O)Cn1c(C)nc3ccccc3c1=O)cn2C. The van der Waals surface area contributed by atoms with E-state index in [-0.39, 0.29) is 24.1 Å². The Morgan fingerprint density at radius 1 is 1.19 bits per heavy atom. The first-order chi connectivity index (χ1) is 14.9. The van der Waals surface area contributed by atoms with Crippen LogP contribution in [0.15, 0.2) is 53.5 Å². The van der Waals surface area contributed by atoms with E-state index < -0.39 is 0 Å². The zero-order valence-electron chi connectivity index (χ0n) is 18.2. The van der Waals surface area contributed by atoms with E-state index in [9.17, 15) is 9.59 Å². The Kier molecular flexibility index (Phi) is 5.50. The van der Waals surface area contributed by atoms with Crippen molar-refractivity contribution in [2.45, 2.75) is 32.9 Å². The summed E-state index contributed by atoms with van der Waals surface area (Å²) in [6.07, 6.45) is 2.74. The molecular formula is C24H26N4O3. The number of aryl methyl sites for hydroxylation is 2. The third-order valence-corrected chi connectivity index (χ3v) is 5.57. The Morgan fingerprint density at radius 3 is 2.74 bits per heavy atom. The van der Waals surface area contributed by atoms with Crippen molar-refractivity contribution >= 4 is 27.7 Å². The van der Waals surface area contributed by atoms with Gasteiger partial charge in [0.1, 0.15) is 18.1 Å². The lowest BCUT2D eigenvalue weighted by Crippen LogP contribution is -2.39. The second-order valence-corrected chi connectivity index (χ2v) is 7.89. The number of carbonyl (C=O) groups is 1. The van der Waals surface area contributed by atoms with Gasteiger partial charge in [-0.25, -0.2) is 4.98 Å². The molecule has 0 fully saturated rings. The smallest absolute Gasteiger partial charge is 0.261 e. The highest BCUT2D eigenvalue weighted by Gasteiger charge is 2.16. The van der Waals surface area contributed by atoms with Crippen LogP contribution < -0.4 is 15.6 Å². The molecule has 1 N–H and O–H groups in total. The van der Waals surface area contributed by atoms with Gasteiger partial charge in [0.05, 0.1) is 18.0 Å². The average molecular weight is 418 g/mol. The lowest BCUT2D eigenvalue weighted by molar-refractivity contribution is -0.122. The summed E-state index contributed by atoms with van der Waals surface area (Å²) in [5.74, 6) is 1.11. The van der Waals surface area contributed by atoms with E-state index in [2.05, 4.69) is 21.1 Å². The van der Waals surface area contributed by atoms with Crippen molar-refractivity contribution in [3.05, 3.63) is 70.4 Å². The third-order valence-electron chi connectivity index (χ3n) is 5.57. The molecule has 1 amide bonds. The number of nitrogens with one attached hydrogen (secondary N) is 1. The molecule has 1 atom stereocenters. The van der Waals surface area contributed by atoms with Crippen LogP contribution in [0.3, 0.4) is 0 Å². The largest absolute Gasteiger partial charge is 0.497 e. The first-order valence-electron chi connectivity index (χ1n) is 10.2. The molecule has 0 aliphatic heterocycles. The minimum Gasteiger partial charge on any atom is -0.497 e. The molecule has 7 nitrogen and oxygen atoms in total. The van der Waals surface area contributed by atoms with Crippen LogP contribution in [0.5, 0.6) is 5.75 Å². The summed E-state index contributed by atoms with van der Waals surface area (Å²) >= 11 is 0. The number of methoxy groups -OCH3 is 1. The summed E-state index contributed by atoms with van der Waals surface area (Å²) in [7, 11) is 3.65. The van der Waals surface area contributed by atoms with Crippen LogP contribution >= 0.6 is 0 Å². The number of benzene rings is 2. The molecule has 4 aromatic rings. The molecule has 7 heteroatoms. The van der Waals surface area contributed by atoms with Crippen molar-refractivity contribution in [1.29, 1.82) is 0 Å². The molecule has 31 heavy (non-hydrogen) atoms. The number of fused-ring (bicyclic) bond motifs is 2. The van der Waals surface area contributed by atoms with E-state index in [1.807, 2.05) is 38.2 Å². The minimum atomic E-state index is -0.215. The first kappa shape index (κ1) is 20.7. The number of ether oxygens (including phenoxy) is 1. The maximum Gasteiger partial charge on any atom is 0.261 e. The average Bonchev–Trinajstić information content (AvgIpc) is 3.05. The molecule has 4 rings (SSSR count). The Bertz CT molecular complexity index is 1340. The summed E-state index contributed by atoms with van der Waals surface area (Å²) in [6, 6.07) is 13.1. The fourth-order valence-electron chi connectivity index (χ4n) is 4.05. The van der Waals surface area contributed by atoms with Crippen molar-refractivity contribution < 1.29 is 9.53 Å². The molecule has 1 unspecified atom stereocenters. The number of amides is 1. The Hall–Kier alpha value is -3.61. The normalized spacial score (nSPS) is 12.3.